The highest BCUT2D eigenvalue weighted by molar-refractivity contribution is 5.90. The minimum atomic E-state index is -0.479. The van der Waals surface area contributed by atoms with E-state index < -0.39 is 5.97 Å². The van der Waals surface area contributed by atoms with Crippen LogP contribution >= 0.6 is 0 Å². The van der Waals surface area contributed by atoms with E-state index in [4.69, 9.17) is 20.9 Å². The van der Waals surface area contributed by atoms with E-state index in [-0.39, 0.29) is 18.7 Å². The second-order valence-corrected chi connectivity index (χ2v) is 8.03. The molecule has 31 heavy (non-hydrogen) atoms. The van der Waals surface area contributed by atoms with Crippen LogP contribution in [0.5, 0.6) is 0 Å². The molecule has 2 aromatic rings. The Kier molecular flexibility index (Phi) is 7.70. The monoisotopic (exact) mass is 422 g/mol. The number of esters is 2. The molecule has 1 aliphatic rings. The number of benzene rings is 2. The predicted octanol–water partition coefficient (Wildman–Crippen LogP) is 4.73. The van der Waals surface area contributed by atoms with Gasteiger partial charge in [0.05, 0.1) is 5.56 Å². The molecule has 0 saturated heterocycles. The van der Waals surface area contributed by atoms with Gasteiger partial charge < -0.3 is 20.9 Å². The molecule has 0 unspecified atom stereocenters. The number of ether oxygens (including phenoxy) is 2. The molecule has 0 aromatic heterocycles. The van der Waals surface area contributed by atoms with E-state index in [9.17, 15) is 9.59 Å². The zero-order valence-corrected chi connectivity index (χ0v) is 17.9. The minimum Gasteiger partial charge on any atom is -0.459 e. The largest absolute Gasteiger partial charge is 0.459 e. The summed E-state index contributed by atoms with van der Waals surface area (Å²) in [4.78, 5) is 24.3. The van der Waals surface area contributed by atoms with Crippen molar-refractivity contribution in [3.8, 4) is 0 Å². The van der Waals surface area contributed by atoms with E-state index in [1.165, 1.54) is 12.5 Å². The van der Waals surface area contributed by atoms with Crippen LogP contribution in [0.1, 0.15) is 60.5 Å². The maximum absolute atomic E-state index is 12.4. The van der Waals surface area contributed by atoms with Gasteiger partial charge in [-0.2, -0.15) is 0 Å². The van der Waals surface area contributed by atoms with Crippen LogP contribution in [-0.4, -0.2) is 18.0 Å². The van der Waals surface area contributed by atoms with Gasteiger partial charge in [0.2, 0.25) is 0 Å². The molecule has 3 rings (SSSR count). The van der Waals surface area contributed by atoms with E-state index in [0.29, 0.717) is 16.9 Å². The number of hydrogen-bond acceptors (Lipinski definition) is 6. The van der Waals surface area contributed by atoms with Crippen LogP contribution in [0.4, 0.5) is 11.4 Å². The lowest BCUT2D eigenvalue weighted by atomic mass is 9.86. The molecule has 4 N–H and O–H groups in total. The first-order valence-electron chi connectivity index (χ1n) is 10.7. The molecule has 6 nitrogen and oxygen atoms in total. The van der Waals surface area contributed by atoms with E-state index in [1.54, 1.807) is 48.5 Å². The van der Waals surface area contributed by atoms with Gasteiger partial charge in [0.15, 0.2) is 0 Å². The second kappa shape index (κ2) is 10.7. The summed E-state index contributed by atoms with van der Waals surface area (Å²) in [5, 5.41) is 0. The average molecular weight is 423 g/mol. The lowest BCUT2D eigenvalue weighted by Gasteiger charge is -2.27. The Labute approximate surface area is 183 Å². The molecule has 0 bridgehead atoms. The molecule has 2 aromatic carbocycles. The van der Waals surface area contributed by atoms with Gasteiger partial charge >= 0.3 is 11.9 Å². The molecule has 0 aliphatic heterocycles. The van der Waals surface area contributed by atoms with Crippen molar-refractivity contribution in [1.29, 1.82) is 0 Å². The molecule has 6 heteroatoms. The molecule has 0 spiro atoms. The highest BCUT2D eigenvalue weighted by Crippen LogP contribution is 2.28. The van der Waals surface area contributed by atoms with Crippen molar-refractivity contribution in [2.45, 2.75) is 51.7 Å². The SMILES string of the molecule is CCC1CCC(OC(=O)c2ccc(C=CC(=O)OCc3cc(N)cc(N)c3)cc2)CC1. The Balaban J connectivity index is 1.47. The number of hydrogen-bond donors (Lipinski definition) is 2. The molecule has 1 saturated carbocycles. The van der Waals surface area contributed by atoms with Crippen LogP contribution in [-0.2, 0) is 20.9 Å². The second-order valence-electron chi connectivity index (χ2n) is 8.03. The maximum atomic E-state index is 12.4. The maximum Gasteiger partial charge on any atom is 0.338 e. The third-order valence-electron chi connectivity index (χ3n) is 5.62. The van der Waals surface area contributed by atoms with Crippen LogP contribution in [0.3, 0.4) is 0 Å². The zero-order chi connectivity index (χ0) is 22.2. The van der Waals surface area contributed by atoms with Gasteiger partial charge in [-0.25, -0.2) is 9.59 Å². The van der Waals surface area contributed by atoms with Crippen molar-refractivity contribution >= 4 is 29.4 Å². The first-order valence-corrected chi connectivity index (χ1v) is 10.7. The molecule has 0 heterocycles. The average Bonchev–Trinajstić information content (AvgIpc) is 2.76. The van der Waals surface area contributed by atoms with Gasteiger partial charge in [-0.1, -0.05) is 25.5 Å². The standard InChI is InChI=1S/C25H30N2O4/c1-2-17-5-10-23(11-6-17)31-25(29)20-8-3-18(4-9-20)7-12-24(28)30-16-19-13-21(26)15-22(27)14-19/h3-4,7-9,12-15,17,23H,2,5-6,10-11,16,26-27H2,1H3. The van der Waals surface area contributed by atoms with Crippen LogP contribution in [0.15, 0.2) is 48.5 Å². The Morgan fingerprint density at radius 3 is 2.26 bits per heavy atom. The summed E-state index contributed by atoms with van der Waals surface area (Å²) in [6.07, 6.45) is 8.31. The Bertz CT molecular complexity index is 909. The van der Waals surface area contributed by atoms with Gasteiger partial charge in [-0.15, -0.1) is 0 Å². The third kappa shape index (κ3) is 6.88. The van der Waals surface area contributed by atoms with Crippen LogP contribution in [0.2, 0.25) is 0 Å². The highest BCUT2D eigenvalue weighted by atomic mass is 16.5. The van der Waals surface area contributed by atoms with Crippen molar-refractivity contribution in [2.24, 2.45) is 5.92 Å². The summed E-state index contributed by atoms with van der Waals surface area (Å²) in [5.74, 6) is -0.0138. The lowest BCUT2D eigenvalue weighted by Crippen LogP contribution is -2.24. The molecule has 0 atom stereocenters. The van der Waals surface area contributed by atoms with Crippen molar-refractivity contribution < 1.29 is 19.1 Å². The Morgan fingerprint density at radius 1 is 1.00 bits per heavy atom. The van der Waals surface area contributed by atoms with Crippen LogP contribution in [0.25, 0.3) is 6.08 Å². The number of rotatable bonds is 7. The first-order chi connectivity index (χ1) is 14.9. The third-order valence-corrected chi connectivity index (χ3v) is 5.62. The zero-order valence-electron chi connectivity index (χ0n) is 17.9. The lowest BCUT2D eigenvalue weighted by molar-refractivity contribution is -0.138. The normalized spacial score (nSPS) is 18.6. The van der Waals surface area contributed by atoms with Gasteiger partial charge in [0.1, 0.15) is 12.7 Å². The number of nitrogen functional groups attached to an aromatic ring is 2. The van der Waals surface area contributed by atoms with Crippen molar-refractivity contribution in [3.63, 3.8) is 0 Å². The quantitative estimate of drug-likeness (QED) is 0.380. The molecule has 0 amide bonds. The molecule has 0 radical (unpaired) electrons. The van der Waals surface area contributed by atoms with Crippen molar-refractivity contribution in [1.82, 2.24) is 0 Å². The van der Waals surface area contributed by atoms with Crippen molar-refractivity contribution in [3.05, 3.63) is 65.2 Å². The van der Waals surface area contributed by atoms with Gasteiger partial charge in [0, 0.05) is 17.5 Å². The van der Waals surface area contributed by atoms with Crippen LogP contribution < -0.4 is 11.5 Å². The van der Waals surface area contributed by atoms with E-state index in [0.717, 1.165) is 42.7 Å². The van der Waals surface area contributed by atoms with E-state index >= 15 is 0 Å². The molecular weight excluding hydrogens is 392 g/mol. The molecule has 164 valence electrons. The smallest absolute Gasteiger partial charge is 0.338 e. The molecule has 1 aliphatic carbocycles. The fourth-order valence-electron chi connectivity index (χ4n) is 3.80. The van der Waals surface area contributed by atoms with Gasteiger partial charge in [-0.3, -0.25) is 0 Å². The Morgan fingerprint density at radius 2 is 1.65 bits per heavy atom. The summed E-state index contributed by atoms with van der Waals surface area (Å²) >= 11 is 0. The topological polar surface area (TPSA) is 105 Å². The summed E-state index contributed by atoms with van der Waals surface area (Å²) in [7, 11) is 0. The van der Waals surface area contributed by atoms with Gasteiger partial charge in [0.25, 0.3) is 0 Å². The predicted molar refractivity (Wildman–Crippen MR) is 122 cm³/mol. The number of anilines is 2. The fraction of sp³-hybridized carbons (Fsp3) is 0.360. The van der Waals surface area contributed by atoms with E-state index in [2.05, 4.69) is 6.92 Å². The molecular formula is C25H30N2O4. The fourth-order valence-corrected chi connectivity index (χ4v) is 3.80. The first kappa shape index (κ1) is 22.4. The number of nitrogens with two attached hydrogens (primary N) is 2. The summed E-state index contributed by atoms with van der Waals surface area (Å²) in [6.45, 7) is 2.30. The van der Waals surface area contributed by atoms with E-state index in [1.807, 2.05) is 0 Å². The number of carbonyl (C=O) groups excluding carboxylic acids is 2. The summed E-state index contributed by atoms with van der Waals surface area (Å²) in [5.41, 5.74) is 14.5. The minimum absolute atomic E-state index is 0.0138. The van der Waals surface area contributed by atoms with Crippen molar-refractivity contribution in [2.75, 3.05) is 11.5 Å². The number of carbonyl (C=O) groups is 2. The molecule has 1 fully saturated rings. The Hall–Kier alpha value is -3.28. The van der Waals surface area contributed by atoms with Gasteiger partial charge in [-0.05, 0) is 79.1 Å². The van der Waals surface area contributed by atoms with Crippen LogP contribution in [0, 0.1) is 5.92 Å². The summed E-state index contributed by atoms with van der Waals surface area (Å²) in [6, 6.07) is 12.0. The summed E-state index contributed by atoms with van der Waals surface area (Å²) < 4.78 is 10.9. The highest BCUT2D eigenvalue weighted by Gasteiger charge is 2.23.